The molecule has 0 aliphatic carbocycles. The highest BCUT2D eigenvalue weighted by atomic mass is 16.4. The molecule has 0 amide bonds. The SMILES string of the molecule is CCC(N=NC(CC)C(C#N)(C#N)C(=O)O)C(C#N)(C#N)C(=O)O. The van der Waals surface area contributed by atoms with Crippen LogP contribution in [0.3, 0.4) is 0 Å². The molecule has 0 bridgehead atoms. The minimum absolute atomic E-state index is 0.0491. The van der Waals surface area contributed by atoms with Crippen molar-refractivity contribution in [1.29, 1.82) is 21.0 Å². The Morgan fingerprint density at radius 2 is 1.08 bits per heavy atom. The van der Waals surface area contributed by atoms with Gasteiger partial charge in [-0.3, -0.25) is 0 Å². The standard InChI is InChI=1S/C14H14N6O4/c1-3-9(13(5-15,6-16)11(21)22)19-20-10(4-2)14(7-17,8-18)12(23)24/h9-10H,3-4H2,1-2H3,(H,21,22)(H,23,24). The summed E-state index contributed by atoms with van der Waals surface area (Å²) < 4.78 is 0. The van der Waals surface area contributed by atoms with Gasteiger partial charge in [0, 0.05) is 0 Å². The fourth-order valence-corrected chi connectivity index (χ4v) is 1.93. The van der Waals surface area contributed by atoms with Gasteiger partial charge in [0.1, 0.15) is 12.1 Å². The Kier molecular flexibility index (Phi) is 7.02. The summed E-state index contributed by atoms with van der Waals surface area (Å²) in [6.07, 6.45) is -0.0981. The molecular formula is C14H14N6O4. The first-order valence-corrected chi connectivity index (χ1v) is 6.77. The molecule has 10 heteroatoms. The second-order valence-electron chi connectivity index (χ2n) is 4.75. The predicted molar refractivity (Wildman–Crippen MR) is 75.6 cm³/mol. The highest BCUT2D eigenvalue weighted by Crippen LogP contribution is 2.30. The molecule has 0 aromatic rings. The van der Waals surface area contributed by atoms with Crippen LogP contribution in [-0.2, 0) is 9.59 Å². The molecule has 0 aromatic heterocycles. The van der Waals surface area contributed by atoms with Crippen LogP contribution in [0.15, 0.2) is 10.2 Å². The third-order valence-electron chi connectivity index (χ3n) is 3.50. The number of aliphatic carboxylic acids is 2. The Bertz CT molecular complexity index is 615. The molecule has 0 radical (unpaired) electrons. The zero-order valence-electron chi connectivity index (χ0n) is 13.0. The van der Waals surface area contributed by atoms with Gasteiger partial charge in [0.15, 0.2) is 0 Å². The van der Waals surface area contributed by atoms with E-state index < -0.39 is 34.9 Å². The van der Waals surface area contributed by atoms with Crippen molar-refractivity contribution in [2.45, 2.75) is 38.8 Å². The fraction of sp³-hybridized carbons (Fsp3) is 0.571. The molecule has 0 spiro atoms. The molecule has 10 nitrogen and oxygen atoms in total. The predicted octanol–water partition coefficient (Wildman–Crippen LogP) is 1.23. The first-order chi connectivity index (χ1) is 11.3. The molecule has 24 heavy (non-hydrogen) atoms. The molecule has 2 atom stereocenters. The van der Waals surface area contributed by atoms with E-state index in [1.54, 1.807) is 0 Å². The van der Waals surface area contributed by atoms with Crippen LogP contribution in [0.4, 0.5) is 0 Å². The van der Waals surface area contributed by atoms with Crippen LogP contribution in [0.2, 0.25) is 0 Å². The van der Waals surface area contributed by atoms with E-state index in [9.17, 15) is 9.59 Å². The van der Waals surface area contributed by atoms with Crippen molar-refractivity contribution < 1.29 is 19.8 Å². The molecule has 0 aliphatic rings. The van der Waals surface area contributed by atoms with Crippen molar-refractivity contribution in [1.82, 2.24) is 0 Å². The third-order valence-corrected chi connectivity index (χ3v) is 3.50. The summed E-state index contributed by atoms with van der Waals surface area (Å²) in [5.74, 6) is -3.42. The number of carbonyl (C=O) groups is 2. The lowest BCUT2D eigenvalue weighted by atomic mass is 9.81. The first kappa shape index (κ1) is 20.5. The van der Waals surface area contributed by atoms with Crippen molar-refractivity contribution in [3.05, 3.63) is 0 Å². The van der Waals surface area contributed by atoms with Crippen molar-refractivity contribution in [3.63, 3.8) is 0 Å². The van der Waals surface area contributed by atoms with E-state index in [0.717, 1.165) is 0 Å². The number of nitrogens with zero attached hydrogens (tertiary/aromatic N) is 6. The van der Waals surface area contributed by atoms with E-state index in [4.69, 9.17) is 31.3 Å². The number of azo groups is 1. The van der Waals surface area contributed by atoms with Crippen LogP contribution < -0.4 is 0 Å². The van der Waals surface area contributed by atoms with Gasteiger partial charge in [-0.1, -0.05) is 13.8 Å². The molecule has 0 fully saturated rings. The second kappa shape index (κ2) is 8.22. The van der Waals surface area contributed by atoms with E-state index in [2.05, 4.69) is 10.2 Å². The maximum absolute atomic E-state index is 11.3. The molecule has 0 saturated heterocycles. The number of nitriles is 4. The molecule has 0 aliphatic heterocycles. The number of hydrogen-bond donors (Lipinski definition) is 2. The molecule has 0 heterocycles. The zero-order valence-corrected chi connectivity index (χ0v) is 13.0. The second-order valence-corrected chi connectivity index (χ2v) is 4.75. The lowest BCUT2D eigenvalue weighted by Gasteiger charge is -2.22. The Morgan fingerprint density at radius 1 is 0.833 bits per heavy atom. The van der Waals surface area contributed by atoms with Crippen LogP contribution in [-0.4, -0.2) is 34.2 Å². The number of carboxylic acid groups (broad SMARTS) is 2. The van der Waals surface area contributed by atoms with Crippen LogP contribution in [0, 0.1) is 56.2 Å². The minimum Gasteiger partial charge on any atom is -0.479 e. The van der Waals surface area contributed by atoms with E-state index in [1.807, 2.05) is 0 Å². The summed E-state index contributed by atoms with van der Waals surface area (Å²) in [7, 11) is 0. The summed E-state index contributed by atoms with van der Waals surface area (Å²) in [4.78, 5) is 22.5. The Hall–Kier alpha value is -3.50. The van der Waals surface area contributed by atoms with Gasteiger partial charge in [0.25, 0.3) is 10.8 Å². The van der Waals surface area contributed by atoms with Crippen LogP contribution in [0.5, 0.6) is 0 Å². The first-order valence-electron chi connectivity index (χ1n) is 6.77. The Balaban J connectivity index is 6.02. The van der Waals surface area contributed by atoms with Crippen molar-refractivity contribution in [3.8, 4) is 24.3 Å². The smallest absolute Gasteiger partial charge is 0.341 e. The quantitative estimate of drug-likeness (QED) is 0.619. The van der Waals surface area contributed by atoms with Gasteiger partial charge >= 0.3 is 11.9 Å². The maximum Gasteiger partial charge on any atom is 0.341 e. The van der Waals surface area contributed by atoms with E-state index >= 15 is 0 Å². The largest absolute Gasteiger partial charge is 0.479 e. The van der Waals surface area contributed by atoms with Gasteiger partial charge in [-0.05, 0) is 12.8 Å². The highest BCUT2D eigenvalue weighted by Gasteiger charge is 2.50. The molecule has 0 saturated carbocycles. The highest BCUT2D eigenvalue weighted by molar-refractivity contribution is 5.83. The summed E-state index contributed by atoms with van der Waals surface area (Å²) in [5, 5.41) is 61.8. The topological polar surface area (TPSA) is 194 Å². The number of carboxylic acids is 2. The van der Waals surface area contributed by atoms with Crippen molar-refractivity contribution in [2.75, 3.05) is 0 Å². The zero-order chi connectivity index (χ0) is 19.0. The van der Waals surface area contributed by atoms with Gasteiger partial charge in [-0.25, -0.2) is 9.59 Å². The molecule has 2 N–H and O–H groups in total. The van der Waals surface area contributed by atoms with Gasteiger partial charge in [0.2, 0.25) is 0 Å². The summed E-state index contributed by atoms with van der Waals surface area (Å²) in [5.41, 5.74) is -5.00. The summed E-state index contributed by atoms with van der Waals surface area (Å²) in [6, 6.07) is 2.77. The third kappa shape index (κ3) is 3.29. The van der Waals surface area contributed by atoms with Crippen LogP contribution in [0.25, 0.3) is 0 Å². The average molecular weight is 330 g/mol. The van der Waals surface area contributed by atoms with Crippen LogP contribution in [0.1, 0.15) is 26.7 Å². The average Bonchev–Trinajstić information content (AvgIpc) is 2.57. The summed E-state index contributed by atoms with van der Waals surface area (Å²) in [6.45, 7) is 2.94. The van der Waals surface area contributed by atoms with Crippen LogP contribution >= 0.6 is 0 Å². The molecular weight excluding hydrogens is 316 g/mol. The number of hydrogen-bond acceptors (Lipinski definition) is 8. The molecule has 0 aromatic carbocycles. The van der Waals surface area contributed by atoms with Gasteiger partial charge in [-0.15, -0.1) is 0 Å². The van der Waals surface area contributed by atoms with E-state index in [1.165, 1.54) is 38.1 Å². The lowest BCUT2D eigenvalue weighted by Crippen LogP contribution is -2.41. The molecule has 2 unspecified atom stereocenters. The molecule has 0 rings (SSSR count). The van der Waals surface area contributed by atoms with Gasteiger partial charge in [0.05, 0.1) is 24.3 Å². The van der Waals surface area contributed by atoms with Gasteiger partial charge < -0.3 is 10.2 Å². The minimum atomic E-state index is -2.50. The number of rotatable bonds is 8. The normalized spacial score (nSPS) is 13.8. The van der Waals surface area contributed by atoms with Crippen molar-refractivity contribution >= 4 is 11.9 Å². The maximum atomic E-state index is 11.3. The lowest BCUT2D eigenvalue weighted by molar-refractivity contribution is -0.145. The Labute approximate surface area is 137 Å². The van der Waals surface area contributed by atoms with Gasteiger partial charge in [-0.2, -0.15) is 31.3 Å². The monoisotopic (exact) mass is 330 g/mol. The summed E-state index contributed by atoms with van der Waals surface area (Å²) >= 11 is 0. The molecule has 124 valence electrons. The van der Waals surface area contributed by atoms with Crippen molar-refractivity contribution in [2.24, 2.45) is 21.1 Å². The van der Waals surface area contributed by atoms with E-state index in [0.29, 0.717) is 0 Å². The Morgan fingerprint density at radius 3 is 1.21 bits per heavy atom. The fourth-order valence-electron chi connectivity index (χ4n) is 1.93. The van der Waals surface area contributed by atoms with E-state index in [-0.39, 0.29) is 12.8 Å².